The van der Waals surface area contributed by atoms with Gasteiger partial charge in [0.2, 0.25) is 0 Å². The first-order chi connectivity index (χ1) is 7.58. The lowest BCUT2D eigenvalue weighted by atomic mass is 10.1. The molecule has 0 aromatic carbocycles. The fraction of sp³-hybridized carbons (Fsp3) is 1.00. The van der Waals surface area contributed by atoms with Gasteiger partial charge in [0, 0.05) is 31.2 Å². The molecule has 96 valence electrons. The molecule has 4 nitrogen and oxygen atoms in total. The minimum Gasteiger partial charge on any atom is -0.379 e. The highest BCUT2D eigenvalue weighted by molar-refractivity contribution is 4.78. The fourth-order valence-electron chi connectivity index (χ4n) is 2.35. The Kier molecular flexibility index (Phi) is 6.28. The maximum Gasteiger partial charge on any atom is 0.0620 e. The van der Waals surface area contributed by atoms with E-state index in [4.69, 9.17) is 4.74 Å². The molecule has 0 radical (unpaired) electrons. The largest absolute Gasteiger partial charge is 0.379 e. The third kappa shape index (κ3) is 5.80. The van der Waals surface area contributed by atoms with Crippen LogP contribution < -0.4 is 10.6 Å². The number of rotatable bonds is 6. The summed E-state index contributed by atoms with van der Waals surface area (Å²) in [6.45, 7) is 8.27. The van der Waals surface area contributed by atoms with Crippen molar-refractivity contribution in [2.75, 3.05) is 40.4 Å². The van der Waals surface area contributed by atoms with Gasteiger partial charge in [-0.15, -0.1) is 0 Å². The zero-order valence-electron chi connectivity index (χ0n) is 11.1. The summed E-state index contributed by atoms with van der Waals surface area (Å²) in [7, 11) is 4.22. The summed E-state index contributed by atoms with van der Waals surface area (Å²) < 4.78 is 5.45. The van der Waals surface area contributed by atoms with Crippen LogP contribution in [0.2, 0.25) is 0 Å². The molecular weight excluding hydrogens is 202 g/mol. The molecule has 2 N–H and O–H groups in total. The minimum atomic E-state index is 0.516. The van der Waals surface area contributed by atoms with Crippen LogP contribution in [-0.2, 0) is 4.74 Å². The molecule has 1 fully saturated rings. The zero-order chi connectivity index (χ0) is 12.0. The lowest BCUT2D eigenvalue weighted by molar-refractivity contribution is 0.0707. The molecule has 16 heavy (non-hydrogen) atoms. The SMILES string of the molecule is CC(CC1COCCN1)NC(C)CN(C)C. The lowest BCUT2D eigenvalue weighted by Gasteiger charge is -2.29. The van der Waals surface area contributed by atoms with Gasteiger partial charge in [0.05, 0.1) is 13.2 Å². The summed E-state index contributed by atoms with van der Waals surface area (Å²) in [6, 6.07) is 1.59. The average Bonchev–Trinajstić information content (AvgIpc) is 2.17. The maximum atomic E-state index is 5.45. The number of hydrogen-bond acceptors (Lipinski definition) is 4. The van der Waals surface area contributed by atoms with Crippen LogP contribution >= 0.6 is 0 Å². The van der Waals surface area contributed by atoms with Gasteiger partial charge in [-0.25, -0.2) is 0 Å². The Labute approximate surface area is 99.7 Å². The van der Waals surface area contributed by atoms with Gasteiger partial charge < -0.3 is 20.3 Å². The Hall–Kier alpha value is -0.160. The van der Waals surface area contributed by atoms with Crippen LogP contribution in [-0.4, -0.2) is 63.4 Å². The Morgan fingerprint density at radius 1 is 1.38 bits per heavy atom. The molecule has 3 unspecified atom stereocenters. The van der Waals surface area contributed by atoms with Gasteiger partial charge in [-0.1, -0.05) is 0 Å². The number of likely N-dealkylation sites (N-methyl/N-ethyl adjacent to an activating group) is 1. The highest BCUT2D eigenvalue weighted by Gasteiger charge is 2.17. The molecule has 3 atom stereocenters. The van der Waals surface area contributed by atoms with Crippen LogP contribution in [0.3, 0.4) is 0 Å². The number of hydrogen-bond donors (Lipinski definition) is 2. The fourth-order valence-corrected chi connectivity index (χ4v) is 2.35. The zero-order valence-corrected chi connectivity index (χ0v) is 11.1. The molecule has 0 aliphatic carbocycles. The molecule has 1 rings (SSSR count). The summed E-state index contributed by atoms with van der Waals surface area (Å²) in [4.78, 5) is 2.21. The summed E-state index contributed by atoms with van der Waals surface area (Å²) in [5, 5.41) is 7.11. The molecule has 0 amide bonds. The van der Waals surface area contributed by atoms with Crippen molar-refractivity contribution in [3.8, 4) is 0 Å². The smallest absolute Gasteiger partial charge is 0.0620 e. The second kappa shape index (κ2) is 7.22. The highest BCUT2D eigenvalue weighted by Crippen LogP contribution is 2.03. The molecule has 1 aliphatic rings. The highest BCUT2D eigenvalue weighted by atomic mass is 16.5. The van der Waals surface area contributed by atoms with Crippen LogP contribution in [0.25, 0.3) is 0 Å². The Morgan fingerprint density at radius 2 is 2.12 bits per heavy atom. The van der Waals surface area contributed by atoms with E-state index in [0.29, 0.717) is 18.1 Å². The van der Waals surface area contributed by atoms with E-state index in [-0.39, 0.29) is 0 Å². The van der Waals surface area contributed by atoms with Gasteiger partial charge in [-0.2, -0.15) is 0 Å². The molecule has 1 saturated heterocycles. The molecular formula is C12H27N3O. The van der Waals surface area contributed by atoms with Crippen molar-refractivity contribution >= 4 is 0 Å². The average molecular weight is 229 g/mol. The topological polar surface area (TPSA) is 36.5 Å². The van der Waals surface area contributed by atoms with Gasteiger partial charge in [0.25, 0.3) is 0 Å². The Morgan fingerprint density at radius 3 is 2.69 bits per heavy atom. The van der Waals surface area contributed by atoms with Crippen LogP contribution in [0.15, 0.2) is 0 Å². The first-order valence-electron chi connectivity index (χ1n) is 6.30. The molecule has 0 spiro atoms. The van der Waals surface area contributed by atoms with Crippen molar-refractivity contribution in [2.24, 2.45) is 0 Å². The van der Waals surface area contributed by atoms with Crippen molar-refractivity contribution in [3.05, 3.63) is 0 Å². The first-order valence-corrected chi connectivity index (χ1v) is 6.30. The normalized spacial score (nSPS) is 25.7. The summed E-state index contributed by atoms with van der Waals surface area (Å²) in [6.07, 6.45) is 1.14. The number of nitrogens with zero attached hydrogens (tertiary/aromatic N) is 1. The summed E-state index contributed by atoms with van der Waals surface area (Å²) in [5.41, 5.74) is 0. The van der Waals surface area contributed by atoms with E-state index >= 15 is 0 Å². The van der Waals surface area contributed by atoms with Crippen molar-refractivity contribution in [2.45, 2.75) is 38.4 Å². The van der Waals surface area contributed by atoms with Crippen LogP contribution in [0, 0.1) is 0 Å². The molecule has 0 aromatic rings. The van der Waals surface area contributed by atoms with Crippen molar-refractivity contribution in [1.82, 2.24) is 15.5 Å². The van der Waals surface area contributed by atoms with Crippen LogP contribution in [0.1, 0.15) is 20.3 Å². The van der Waals surface area contributed by atoms with Gasteiger partial charge in [-0.05, 0) is 34.4 Å². The number of ether oxygens (including phenoxy) is 1. The van der Waals surface area contributed by atoms with Gasteiger partial charge in [0.15, 0.2) is 0 Å². The summed E-state index contributed by atoms with van der Waals surface area (Å²) >= 11 is 0. The van der Waals surface area contributed by atoms with E-state index in [9.17, 15) is 0 Å². The molecule has 0 saturated carbocycles. The predicted octanol–water partition coefficient (Wildman–Crippen LogP) is 0.293. The second-order valence-electron chi connectivity index (χ2n) is 5.19. The van der Waals surface area contributed by atoms with E-state index in [1.54, 1.807) is 0 Å². The van der Waals surface area contributed by atoms with Crippen LogP contribution in [0.4, 0.5) is 0 Å². The molecule has 0 aromatic heterocycles. The molecule has 1 aliphatic heterocycles. The number of nitrogens with one attached hydrogen (secondary N) is 2. The second-order valence-corrected chi connectivity index (χ2v) is 5.19. The predicted molar refractivity (Wildman–Crippen MR) is 67.8 cm³/mol. The third-order valence-electron chi connectivity index (χ3n) is 2.84. The molecule has 4 heteroatoms. The van der Waals surface area contributed by atoms with Crippen LogP contribution in [0.5, 0.6) is 0 Å². The Bertz CT molecular complexity index is 181. The van der Waals surface area contributed by atoms with Crippen molar-refractivity contribution in [3.63, 3.8) is 0 Å². The summed E-state index contributed by atoms with van der Waals surface area (Å²) in [5.74, 6) is 0. The van der Waals surface area contributed by atoms with E-state index in [1.165, 1.54) is 0 Å². The van der Waals surface area contributed by atoms with Gasteiger partial charge >= 0.3 is 0 Å². The quantitative estimate of drug-likeness (QED) is 0.686. The lowest BCUT2D eigenvalue weighted by Crippen LogP contribution is -2.47. The standard InChI is InChI=1S/C12H27N3O/c1-10(14-11(2)8-15(3)4)7-12-9-16-6-5-13-12/h10-14H,5-9H2,1-4H3. The van der Waals surface area contributed by atoms with E-state index in [1.807, 2.05) is 0 Å². The third-order valence-corrected chi connectivity index (χ3v) is 2.84. The first kappa shape index (κ1) is 13.9. The molecule has 1 heterocycles. The van der Waals surface area contributed by atoms with Crippen molar-refractivity contribution < 1.29 is 4.74 Å². The molecule has 0 bridgehead atoms. The van der Waals surface area contributed by atoms with E-state index in [2.05, 4.69) is 43.5 Å². The van der Waals surface area contributed by atoms with Gasteiger partial charge in [-0.3, -0.25) is 0 Å². The Balaban J connectivity index is 2.15. The number of morpholine rings is 1. The van der Waals surface area contributed by atoms with Gasteiger partial charge in [0.1, 0.15) is 0 Å². The monoisotopic (exact) mass is 229 g/mol. The van der Waals surface area contributed by atoms with Crippen molar-refractivity contribution in [1.29, 1.82) is 0 Å². The maximum absolute atomic E-state index is 5.45. The van der Waals surface area contributed by atoms with E-state index in [0.717, 1.165) is 32.7 Å². The minimum absolute atomic E-state index is 0.516. The van der Waals surface area contributed by atoms with E-state index < -0.39 is 0 Å².